The van der Waals surface area contributed by atoms with Crippen molar-refractivity contribution in [2.45, 2.75) is 6.92 Å². The molecule has 1 aromatic heterocycles. The van der Waals surface area contributed by atoms with Crippen LogP contribution in [0.1, 0.15) is 21.5 Å². The van der Waals surface area contributed by atoms with Crippen LogP contribution < -0.4 is 5.69 Å². The largest absolute Gasteiger partial charge is 0.330 e. The molecular weight excluding hydrogens is 360 g/mol. The van der Waals surface area contributed by atoms with Crippen LogP contribution in [0, 0.1) is 6.92 Å². The molecule has 1 heterocycles. The molecule has 1 N–H and O–H groups in total. The maximum atomic E-state index is 12.6. The summed E-state index contributed by atoms with van der Waals surface area (Å²) in [5.74, 6) is -0.113. The molecule has 4 heteroatoms. The predicted molar refractivity (Wildman–Crippen MR) is 116 cm³/mol. The van der Waals surface area contributed by atoms with Crippen molar-refractivity contribution in [2.24, 2.45) is 0 Å². The molecule has 29 heavy (non-hydrogen) atoms. The van der Waals surface area contributed by atoms with Crippen molar-refractivity contribution in [3.05, 3.63) is 118 Å². The molecule has 0 amide bonds. The molecule has 0 fully saturated rings. The number of imidazole rings is 1. The summed E-state index contributed by atoms with van der Waals surface area (Å²) < 4.78 is 1.52. The molecule has 4 aromatic rings. The number of rotatable bonds is 5. The first-order valence-corrected chi connectivity index (χ1v) is 9.37. The minimum Gasteiger partial charge on any atom is -0.305 e. The van der Waals surface area contributed by atoms with Gasteiger partial charge in [-0.05, 0) is 36.3 Å². The van der Waals surface area contributed by atoms with Crippen molar-refractivity contribution in [1.82, 2.24) is 9.55 Å². The fourth-order valence-corrected chi connectivity index (χ4v) is 3.11. The summed E-state index contributed by atoms with van der Waals surface area (Å²) in [6, 6.07) is 24.7. The number of aromatic nitrogens is 2. The molecule has 0 atom stereocenters. The van der Waals surface area contributed by atoms with Crippen LogP contribution in [0.2, 0.25) is 0 Å². The number of allylic oxidation sites excluding steroid dienone is 1. The van der Waals surface area contributed by atoms with Crippen LogP contribution >= 0.6 is 0 Å². The van der Waals surface area contributed by atoms with Gasteiger partial charge in [-0.2, -0.15) is 0 Å². The molecule has 0 radical (unpaired) electrons. The number of hydrogen-bond acceptors (Lipinski definition) is 2. The third-order valence-electron chi connectivity index (χ3n) is 4.72. The van der Waals surface area contributed by atoms with E-state index >= 15 is 0 Å². The molecule has 3 aromatic carbocycles. The van der Waals surface area contributed by atoms with Gasteiger partial charge in [0.25, 0.3) is 0 Å². The second-order valence-electron chi connectivity index (χ2n) is 6.87. The quantitative estimate of drug-likeness (QED) is 0.390. The lowest BCUT2D eigenvalue weighted by molar-refractivity contribution is 0.104. The van der Waals surface area contributed by atoms with Gasteiger partial charge in [0.05, 0.1) is 11.4 Å². The Morgan fingerprint density at radius 1 is 0.931 bits per heavy atom. The summed E-state index contributed by atoms with van der Waals surface area (Å²) >= 11 is 0. The van der Waals surface area contributed by atoms with Gasteiger partial charge in [-0.25, -0.2) is 4.79 Å². The lowest BCUT2D eigenvalue weighted by atomic mass is 10.1. The number of carbonyl (C=O) groups excluding carboxylic acids is 1. The van der Waals surface area contributed by atoms with Crippen LogP contribution in [0.5, 0.6) is 0 Å². The Labute approximate surface area is 168 Å². The second-order valence-corrected chi connectivity index (χ2v) is 6.87. The Morgan fingerprint density at radius 2 is 1.69 bits per heavy atom. The van der Waals surface area contributed by atoms with Crippen molar-refractivity contribution in [1.29, 1.82) is 0 Å². The van der Waals surface area contributed by atoms with E-state index in [9.17, 15) is 9.59 Å². The molecule has 0 aliphatic heterocycles. The maximum Gasteiger partial charge on any atom is 0.330 e. The van der Waals surface area contributed by atoms with Gasteiger partial charge in [-0.15, -0.1) is 0 Å². The molecule has 0 bridgehead atoms. The number of ketones is 1. The third-order valence-corrected chi connectivity index (χ3v) is 4.72. The first-order valence-electron chi connectivity index (χ1n) is 9.37. The number of hydrogen-bond donors (Lipinski definition) is 1. The van der Waals surface area contributed by atoms with E-state index in [0.29, 0.717) is 11.3 Å². The predicted octanol–water partition coefficient (Wildman–Crippen LogP) is 5.04. The Balaban J connectivity index is 1.62. The highest BCUT2D eigenvalue weighted by Crippen LogP contribution is 2.18. The number of benzene rings is 3. The number of H-pyrrole nitrogens is 1. The van der Waals surface area contributed by atoms with Crippen LogP contribution in [0.25, 0.3) is 23.0 Å². The number of carbonyl (C=O) groups is 1. The van der Waals surface area contributed by atoms with Gasteiger partial charge in [0.15, 0.2) is 5.78 Å². The molecule has 4 rings (SSSR count). The Kier molecular flexibility index (Phi) is 5.08. The Morgan fingerprint density at radius 3 is 2.45 bits per heavy atom. The highest BCUT2D eigenvalue weighted by atomic mass is 16.1. The van der Waals surface area contributed by atoms with Gasteiger partial charge in [0.1, 0.15) is 0 Å². The van der Waals surface area contributed by atoms with E-state index in [1.807, 2.05) is 67.6 Å². The maximum absolute atomic E-state index is 12.6. The van der Waals surface area contributed by atoms with Crippen LogP contribution in [0.15, 0.2) is 95.9 Å². The second kappa shape index (κ2) is 7.98. The van der Waals surface area contributed by atoms with Crippen LogP contribution in [0.3, 0.4) is 0 Å². The number of nitrogens with zero attached hydrogens (tertiary/aromatic N) is 1. The van der Waals surface area contributed by atoms with Gasteiger partial charge in [-0.1, -0.05) is 78.4 Å². The standard InChI is InChI=1S/C25H20N2O2/c1-18-10-13-20(14-11-18)23-17-27(25(29)26-23)22-9-5-8-21(16-22)24(28)15-12-19-6-3-2-4-7-19/h2-17H,1H3,(H,26,29). The topological polar surface area (TPSA) is 54.9 Å². The molecule has 0 saturated heterocycles. The average molecular weight is 380 g/mol. The molecule has 142 valence electrons. The zero-order chi connectivity index (χ0) is 20.2. The van der Waals surface area contributed by atoms with Crippen molar-refractivity contribution < 1.29 is 4.79 Å². The van der Waals surface area contributed by atoms with Crippen LogP contribution in [-0.4, -0.2) is 15.3 Å². The first-order chi connectivity index (χ1) is 14.1. The van der Waals surface area contributed by atoms with Gasteiger partial charge in [0.2, 0.25) is 0 Å². The highest BCUT2D eigenvalue weighted by molar-refractivity contribution is 6.07. The molecular formula is C25H20N2O2. The zero-order valence-electron chi connectivity index (χ0n) is 16.0. The highest BCUT2D eigenvalue weighted by Gasteiger charge is 2.09. The fraction of sp³-hybridized carbons (Fsp3) is 0.0400. The smallest absolute Gasteiger partial charge is 0.305 e. The van der Waals surface area contributed by atoms with Crippen LogP contribution in [0.4, 0.5) is 0 Å². The summed E-state index contributed by atoms with van der Waals surface area (Å²) in [6.07, 6.45) is 5.09. The van der Waals surface area contributed by atoms with Crippen molar-refractivity contribution in [2.75, 3.05) is 0 Å². The van der Waals surface area contributed by atoms with E-state index in [2.05, 4.69) is 4.98 Å². The van der Waals surface area contributed by atoms with E-state index in [1.54, 1.807) is 36.5 Å². The zero-order valence-corrected chi connectivity index (χ0v) is 16.0. The van der Waals surface area contributed by atoms with Crippen molar-refractivity contribution in [3.8, 4) is 16.9 Å². The summed E-state index contributed by atoms with van der Waals surface area (Å²) in [5, 5.41) is 0. The van der Waals surface area contributed by atoms with E-state index in [1.165, 1.54) is 4.57 Å². The lowest BCUT2D eigenvalue weighted by Crippen LogP contribution is -2.14. The van der Waals surface area contributed by atoms with Crippen LogP contribution in [-0.2, 0) is 0 Å². The Bertz CT molecular complexity index is 1230. The summed E-state index contributed by atoms with van der Waals surface area (Å²) in [6.45, 7) is 2.02. The number of aromatic amines is 1. The van der Waals surface area contributed by atoms with E-state index in [-0.39, 0.29) is 11.5 Å². The molecule has 4 nitrogen and oxygen atoms in total. The summed E-state index contributed by atoms with van der Waals surface area (Å²) in [4.78, 5) is 27.9. The molecule has 0 spiro atoms. The number of aryl methyl sites for hydroxylation is 1. The van der Waals surface area contributed by atoms with Crippen molar-refractivity contribution in [3.63, 3.8) is 0 Å². The van der Waals surface area contributed by atoms with E-state index in [4.69, 9.17) is 0 Å². The fourth-order valence-electron chi connectivity index (χ4n) is 3.11. The van der Waals surface area contributed by atoms with E-state index < -0.39 is 0 Å². The minimum atomic E-state index is -0.245. The summed E-state index contributed by atoms with van der Waals surface area (Å²) in [7, 11) is 0. The normalized spacial score (nSPS) is 11.1. The average Bonchev–Trinajstić information content (AvgIpc) is 3.15. The Hall–Kier alpha value is -3.92. The third kappa shape index (κ3) is 4.17. The molecule has 0 unspecified atom stereocenters. The molecule has 0 saturated carbocycles. The van der Waals surface area contributed by atoms with E-state index in [0.717, 1.165) is 22.4 Å². The van der Waals surface area contributed by atoms with Gasteiger partial charge in [-0.3, -0.25) is 9.36 Å². The SMILES string of the molecule is Cc1ccc(-c2cn(-c3cccc(C(=O)C=Cc4ccccc4)c3)c(=O)[nH]2)cc1. The van der Waals surface area contributed by atoms with Gasteiger partial charge < -0.3 is 4.98 Å². The van der Waals surface area contributed by atoms with Gasteiger partial charge >= 0.3 is 5.69 Å². The monoisotopic (exact) mass is 380 g/mol. The number of nitrogens with one attached hydrogen (secondary N) is 1. The summed E-state index contributed by atoms with van der Waals surface area (Å²) in [5.41, 5.74) is 4.71. The lowest BCUT2D eigenvalue weighted by Gasteiger charge is -2.03. The van der Waals surface area contributed by atoms with Gasteiger partial charge in [0, 0.05) is 11.8 Å². The molecule has 0 aliphatic rings. The first kappa shape index (κ1) is 18.4. The van der Waals surface area contributed by atoms with Crippen molar-refractivity contribution >= 4 is 11.9 Å². The molecule has 0 aliphatic carbocycles. The minimum absolute atomic E-state index is 0.113.